The second kappa shape index (κ2) is 5.62. The molecule has 0 atom stereocenters. The van der Waals surface area contributed by atoms with Crippen LogP contribution in [0.2, 0.25) is 0 Å². The van der Waals surface area contributed by atoms with Gasteiger partial charge in [0.15, 0.2) is 0 Å². The van der Waals surface area contributed by atoms with E-state index in [4.69, 9.17) is 5.11 Å². The topological polar surface area (TPSA) is 84.4 Å². The van der Waals surface area contributed by atoms with Crippen molar-refractivity contribution < 1.29 is 10.0 Å². The standard InChI is InChI=1S/C10H18N4O3/c1-4-13(6-5-7-15)10-9(14(16)17)8(2)11-12(10)3/h15H,4-7H2,1-3H3. The summed E-state index contributed by atoms with van der Waals surface area (Å²) in [5.41, 5.74) is 0.460. The second-order valence-corrected chi connectivity index (χ2v) is 3.80. The molecular formula is C10H18N4O3. The summed E-state index contributed by atoms with van der Waals surface area (Å²) in [5.74, 6) is 0.503. The molecule has 1 aromatic heterocycles. The molecule has 96 valence electrons. The molecule has 0 radical (unpaired) electrons. The summed E-state index contributed by atoms with van der Waals surface area (Å²) >= 11 is 0. The average molecular weight is 242 g/mol. The fourth-order valence-electron chi connectivity index (χ4n) is 1.88. The molecule has 0 aromatic carbocycles. The van der Waals surface area contributed by atoms with Gasteiger partial charge in [0, 0.05) is 26.7 Å². The van der Waals surface area contributed by atoms with Gasteiger partial charge in [-0.2, -0.15) is 5.10 Å². The monoisotopic (exact) mass is 242 g/mol. The maximum Gasteiger partial charge on any atom is 0.333 e. The van der Waals surface area contributed by atoms with Gasteiger partial charge >= 0.3 is 5.69 Å². The highest BCUT2D eigenvalue weighted by atomic mass is 16.6. The first-order valence-electron chi connectivity index (χ1n) is 5.56. The molecule has 17 heavy (non-hydrogen) atoms. The summed E-state index contributed by atoms with van der Waals surface area (Å²) in [4.78, 5) is 12.5. The Balaban J connectivity index is 3.13. The molecule has 1 heterocycles. The third kappa shape index (κ3) is 2.73. The van der Waals surface area contributed by atoms with Crippen LogP contribution in [0.4, 0.5) is 11.5 Å². The van der Waals surface area contributed by atoms with Gasteiger partial charge in [0.2, 0.25) is 5.82 Å². The molecule has 1 rings (SSSR count). The van der Waals surface area contributed by atoms with Crippen LogP contribution in [0, 0.1) is 17.0 Å². The van der Waals surface area contributed by atoms with Crippen molar-refractivity contribution in [3.8, 4) is 0 Å². The SMILES string of the molecule is CCN(CCCO)c1c([N+](=O)[O-])c(C)nn1C. The highest BCUT2D eigenvalue weighted by molar-refractivity contribution is 5.61. The van der Waals surface area contributed by atoms with Crippen LogP contribution in [-0.2, 0) is 7.05 Å². The van der Waals surface area contributed by atoms with Crippen molar-refractivity contribution >= 4 is 11.5 Å². The predicted molar refractivity (Wildman–Crippen MR) is 64.2 cm³/mol. The van der Waals surface area contributed by atoms with E-state index in [9.17, 15) is 10.1 Å². The summed E-state index contributed by atoms with van der Waals surface area (Å²) in [7, 11) is 1.69. The first-order valence-corrected chi connectivity index (χ1v) is 5.56. The predicted octanol–water partition coefficient (Wildman–Crippen LogP) is 0.845. The number of rotatable bonds is 6. The summed E-state index contributed by atoms with van der Waals surface area (Å²) < 4.78 is 1.52. The van der Waals surface area contributed by atoms with Crippen LogP contribution in [0.5, 0.6) is 0 Å². The Labute approximate surface area is 99.8 Å². The second-order valence-electron chi connectivity index (χ2n) is 3.80. The zero-order chi connectivity index (χ0) is 13.0. The van der Waals surface area contributed by atoms with Crippen molar-refractivity contribution in [1.82, 2.24) is 9.78 Å². The van der Waals surface area contributed by atoms with E-state index in [0.717, 1.165) is 0 Å². The minimum atomic E-state index is -0.403. The molecule has 0 fully saturated rings. The van der Waals surface area contributed by atoms with E-state index >= 15 is 0 Å². The summed E-state index contributed by atoms with van der Waals surface area (Å²) in [5, 5.41) is 23.9. The van der Waals surface area contributed by atoms with E-state index in [1.807, 2.05) is 11.8 Å². The maximum atomic E-state index is 11.0. The van der Waals surface area contributed by atoms with E-state index < -0.39 is 4.92 Å². The molecule has 0 bridgehead atoms. The van der Waals surface area contributed by atoms with Gasteiger partial charge in [-0.1, -0.05) is 0 Å². The highest BCUT2D eigenvalue weighted by Gasteiger charge is 2.27. The van der Waals surface area contributed by atoms with Gasteiger partial charge in [0.25, 0.3) is 0 Å². The summed E-state index contributed by atoms with van der Waals surface area (Å²) in [6.07, 6.45) is 0.579. The van der Waals surface area contributed by atoms with Crippen molar-refractivity contribution in [2.45, 2.75) is 20.3 Å². The first kappa shape index (κ1) is 13.4. The quantitative estimate of drug-likeness (QED) is 0.590. The Hall–Kier alpha value is -1.63. The number of aromatic nitrogens is 2. The van der Waals surface area contributed by atoms with Gasteiger partial charge in [-0.15, -0.1) is 0 Å². The van der Waals surface area contributed by atoms with Crippen molar-refractivity contribution in [2.24, 2.45) is 7.05 Å². The van der Waals surface area contributed by atoms with E-state index in [1.165, 1.54) is 4.68 Å². The Bertz CT molecular complexity index is 403. The van der Waals surface area contributed by atoms with Crippen LogP contribution in [0.15, 0.2) is 0 Å². The largest absolute Gasteiger partial charge is 0.396 e. The summed E-state index contributed by atoms with van der Waals surface area (Å²) in [6, 6.07) is 0. The number of hydrogen-bond acceptors (Lipinski definition) is 5. The number of hydrogen-bond donors (Lipinski definition) is 1. The molecule has 0 aliphatic rings. The molecule has 0 aliphatic carbocycles. The summed E-state index contributed by atoms with van der Waals surface area (Å²) in [6.45, 7) is 4.83. The number of nitro groups is 1. The first-order chi connectivity index (χ1) is 8.02. The Kier molecular flexibility index (Phi) is 4.45. The maximum absolute atomic E-state index is 11.0. The molecule has 0 amide bonds. The molecule has 0 spiro atoms. The van der Waals surface area contributed by atoms with Crippen LogP contribution in [0.3, 0.4) is 0 Å². The van der Waals surface area contributed by atoms with Crippen molar-refractivity contribution in [2.75, 3.05) is 24.6 Å². The Morgan fingerprint density at radius 2 is 2.24 bits per heavy atom. The van der Waals surface area contributed by atoms with Crippen LogP contribution in [0.25, 0.3) is 0 Å². The fraction of sp³-hybridized carbons (Fsp3) is 0.700. The minimum absolute atomic E-state index is 0.0484. The smallest absolute Gasteiger partial charge is 0.333 e. The fourth-order valence-corrected chi connectivity index (χ4v) is 1.88. The number of aryl methyl sites for hydroxylation is 2. The van der Waals surface area contributed by atoms with E-state index in [-0.39, 0.29) is 12.3 Å². The van der Waals surface area contributed by atoms with Gasteiger partial charge < -0.3 is 10.0 Å². The molecule has 1 aromatic rings. The number of aliphatic hydroxyl groups is 1. The zero-order valence-corrected chi connectivity index (χ0v) is 10.4. The van der Waals surface area contributed by atoms with Crippen LogP contribution in [-0.4, -0.2) is 39.5 Å². The van der Waals surface area contributed by atoms with Gasteiger partial charge in [0.1, 0.15) is 5.69 Å². The molecule has 0 aliphatic heterocycles. The zero-order valence-electron chi connectivity index (χ0n) is 10.4. The van der Waals surface area contributed by atoms with Gasteiger partial charge in [-0.25, -0.2) is 4.68 Å². The van der Waals surface area contributed by atoms with Gasteiger partial charge in [-0.3, -0.25) is 10.1 Å². The lowest BCUT2D eigenvalue weighted by atomic mass is 10.3. The molecule has 0 saturated carbocycles. The Morgan fingerprint density at radius 3 is 2.71 bits per heavy atom. The molecule has 0 saturated heterocycles. The molecule has 7 nitrogen and oxygen atoms in total. The third-order valence-corrected chi connectivity index (χ3v) is 2.61. The van der Waals surface area contributed by atoms with E-state index in [1.54, 1.807) is 14.0 Å². The third-order valence-electron chi connectivity index (χ3n) is 2.61. The lowest BCUT2D eigenvalue weighted by Gasteiger charge is -2.21. The van der Waals surface area contributed by atoms with Crippen LogP contribution >= 0.6 is 0 Å². The number of anilines is 1. The normalized spacial score (nSPS) is 10.6. The van der Waals surface area contributed by atoms with Crippen molar-refractivity contribution in [1.29, 1.82) is 0 Å². The van der Waals surface area contributed by atoms with E-state index in [0.29, 0.717) is 31.0 Å². The van der Waals surface area contributed by atoms with Gasteiger partial charge in [-0.05, 0) is 20.3 Å². The van der Waals surface area contributed by atoms with Crippen LogP contribution in [0.1, 0.15) is 19.0 Å². The Morgan fingerprint density at radius 1 is 1.59 bits per heavy atom. The lowest BCUT2D eigenvalue weighted by Crippen LogP contribution is -2.27. The molecule has 0 unspecified atom stereocenters. The van der Waals surface area contributed by atoms with Crippen molar-refractivity contribution in [3.63, 3.8) is 0 Å². The number of nitrogens with zero attached hydrogens (tertiary/aromatic N) is 4. The molecule has 7 heteroatoms. The molecule has 1 N–H and O–H groups in total. The van der Waals surface area contributed by atoms with Gasteiger partial charge in [0.05, 0.1) is 4.92 Å². The van der Waals surface area contributed by atoms with E-state index in [2.05, 4.69) is 5.10 Å². The molecular weight excluding hydrogens is 224 g/mol. The number of aliphatic hydroxyl groups excluding tert-OH is 1. The average Bonchev–Trinajstić information content (AvgIpc) is 2.55. The minimum Gasteiger partial charge on any atom is -0.396 e. The lowest BCUT2D eigenvalue weighted by molar-refractivity contribution is -0.384. The van der Waals surface area contributed by atoms with Crippen molar-refractivity contribution in [3.05, 3.63) is 15.8 Å². The highest BCUT2D eigenvalue weighted by Crippen LogP contribution is 2.30. The van der Waals surface area contributed by atoms with Crippen LogP contribution < -0.4 is 4.90 Å².